The summed E-state index contributed by atoms with van der Waals surface area (Å²) >= 11 is 3.10. The maximum absolute atomic E-state index is 12.1. The standard InChI is InChI=1S/C16H14BrN5O4/c1-2-20-8-11(7-18-20)15(23)6-5-12-3-4-13(26-12)9-21-10-14(17)16(19-21)22(24)25/h3-8,10H,2,9H2,1H3/b6-5+. The number of rotatable bonds is 7. The summed E-state index contributed by atoms with van der Waals surface area (Å²) in [6, 6.07) is 3.43. The van der Waals surface area contributed by atoms with Gasteiger partial charge in [0.05, 0.1) is 23.1 Å². The van der Waals surface area contributed by atoms with Gasteiger partial charge in [-0.15, -0.1) is 0 Å². The summed E-state index contributed by atoms with van der Waals surface area (Å²) in [5.74, 6) is 0.627. The van der Waals surface area contributed by atoms with E-state index in [1.54, 1.807) is 29.1 Å². The van der Waals surface area contributed by atoms with Gasteiger partial charge < -0.3 is 14.5 Å². The second-order valence-electron chi connectivity index (χ2n) is 5.34. The van der Waals surface area contributed by atoms with E-state index in [4.69, 9.17) is 4.42 Å². The third kappa shape index (κ3) is 3.97. The van der Waals surface area contributed by atoms with Crippen LogP contribution < -0.4 is 0 Å². The molecule has 0 aliphatic rings. The van der Waals surface area contributed by atoms with Gasteiger partial charge in [0, 0.05) is 12.7 Å². The molecule has 3 heterocycles. The number of furan rings is 1. The SMILES string of the molecule is CCn1cc(C(=O)/C=C/c2ccc(Cn3cc(Br)c([N+](=O)[O-])n3)o2)cn1. The number of carbonyl (C=O) groups excluding carboxylic acids is 1. The van der Waals surface area contributed by atoms with Crippen molar-refractivity contribution in [2.75, 3.05) is 0 Å². The van der Waals surface area contributed by atoms with Crippen LogP contribution in [0, 0.1) is 10.1 Å². The molecule has 0 spiro atoms. The summed E-state index contributed by atoms with van der Waals surface area (Å²) in [6.07, 6.45) is 7.69. The molecule has 0 aromatic carbocycles. The molecule has 0 aliphatic carbocycles. The van der Waals surface area contributed by atoms with Crippen LogP contribution in [-0.2, 0) is 13.1 Å². The van der Waals surface area contributed by atoms with Crippen molar-refractivity contribution in [3.8, 4) is 0 Å². The number of nitro groups is 1. The van der Waals surface area contributed by atoms with E-state index in [1.807, 2.05) is 6.92 Å². The summed E-state index contributed by atoms with van der Waals surface area (Å²) in [6.45, 7) is 2.87. The molecule has 9 nitrogen and oxygen atoms in total. The number of nitrogens with zero attached hydrogens (tertiary/aromatic N) is 5. The highest BCUT2D eigenvalue weighted by atomic mass is 79.9. The molecule has 0 aliphatic heterocycles. The van der Waals surface area contributed by atoms with Crippen LogP contribution in [-0.4, -0.2) is 30.3 Å². The van der Waals surface area contributed by atoms with Crippen molar-refractivity contribution in [2.24, 2.45) is 0 Å². The second kappa shape index (κ2) is 7.48. The van der Waals surface area contributed by atoms with E-state index >= 15 is 0 Å². The summed E-state index contributed by atoms with van der Waals surface area (Å²) < 4.78 is 8.98. The van der Waals surface area contributed by atoms with E-state index in [0.717, 1.165) is 0 Å². The van der Waals surface area contributed by atoms with Crippen molar-refractivity contribution >= 4 is 33.6 Å². The van der Waals surface area contributed by atoms with Crippen LogP contribution in [0.15, 0.2) is 45.7 Å². The average Bonchev–Trinajstić information content (AvgIpc) is 3.32. The van der Waals surface area contributed by atoms with Crippen molar-refractivity contribution in [1.29, 1.82) is 0 Å². The van der Waals surface area contributed by atoms with Crippen LogP contribution in [0.4, 0.5) is 5.82 Å². The molecule has 3 aromatic rings. The second-order valence-corrected chi connectivity index (χ2v) is 6.20. The smallest absolute Gasteiger partial charge is 0.404 e. The molecule has 0 N–H and O–H groups in total. The first-order valence-electron chi connectivity index (χ1n) is 7.67. The Hall–Kier alpha value is -3.01. The monoisotopic (exact) mass is 419 g/mol. The van der Waals surface area contributed by atoms with Gasteiger partial charge >= 0.3 is 5.82 Å². The number of allylic oxidation sites excluding steroid dienone is 1. The van der Waals surface area contributed by atoms with Gasteiger partial charge in [0.15, 0.2) is 5.78 Å². The average molecular weight is 420 g/mol. The van der Waals surface area contributed by atoms with Crippen LogP contribution in [0.5, 0.6) is 0 Å². The predicted molar refractivity (Wildman–Crippen MR) is 95.7 cm³/mol. The molecule has 134 valence electrons. The Balaban J connectivity index is 1.66. The van der Waals surface area contributed by atoms with Crippen LogP contribution in [0.3, 0.4) is 0 Å². The maximum Gasteiger partial charge on any atom is 0.404 e. The van der Waals surface area contributed by atoms with Gasteiger partial charge in [0.2, 0.25) is 0 Å². The van der Waals surface area contributed by atoms with E-state index < -0.39 is 4.92 Å². The lowest BCUT2D eigenvalue weighted by Gasteiger charge is -1.93. The number of ketones is 1. The molecular weight excluding hydrogens is 406 g/mol. The maximum atomic E-state index is 12.1. The molecule has 0 fully saturated rings. The molecule has 3 aromatic heterocycles. The van der Waals surface area contributed by atoms with Crippen molar-refractivity contribution in [3.63, 3.8) is 0 Å². The largest absolute Gasteiger partial charge is 0.460 e. The van der Waals surface area contributed by atoms with Crippen LogP contribution in [0.25, 0.3) is 6.08 Å². The third-order valence-corrected chi connectivity index (χ3v) is 4.07. The van der Waals surface area contributed by atoms with Gasteiger partial charge in [0.25, 0.3) is 0 Å². The number of carbonyl (C=O) groups is 1. The fourth-order valence-corrected chi connectivity index (χ4v) is 2.70. The molecule has 26 heavy (non-hydrogen) atoms. The summed E-state index contributed by atoms with van der Waals surface area (Å²) in [7, 11) is 0. The van der Waals surface area contributed by atoms with Crippen molar-refractivity contribution in [2.45, 2.75) is 20.0 Å². The van der Waals surface area contributed by atoms with Gasteiger partial charge in [-0.25, -0.2) is 0 Å². The molecule has 0 unspecified atom stereocenters. The molecule has 0 atom stereocenters. The Bertz CT molecular complexity index is 985. The Labute approximate surface area is 156 Å². The lowest BCUT2D eigenvalue weighted by molar-refractivity contribution is -0.390. The van der Waals surface area contributed by atoms with Crippen molar-refractivity contribution in [3.05, 3.63) is 68.5 Å². The van der Waals surface area contributed by atoms with Crippen LogP contribution in [0.1, 0.15) is 28.8 Å². The highest BCUT2D eigenvalue weighted by Gasteiger charge is 2.19. The Morgan fingerprint density at radius 3 is 2.85 bits per heavy atom. The molecule has 0 amide bonds. The van der Waals surface area contributed by atoms with Gasteiger partial charge in [-0.2, -0.15) is 9.78 Å². The number of hydrogen-bond donors (Lipinski definition) is 0. The van der Waals surface area contributed by atoms with Crippen LogP contribution in [0.2, 0.25) is 0 Å². The molecule has 0 saturated heterocycles. The minimum atomic E-state index is -0.566. The molecule has 3 rings (SSSR count). The van der Waals surface area contributed by atoms with E-state index in [0.29, 0.717) is 28.1 Å². The Kier molecular flexibility index (Phi) is 5.12. The highest BCUT2D eigenvalue weighted by molar-refractivity contribution is 9.10. The normalized spacial score (nSPS) is 11.3. The molecule has 0 saturated carbocycles. The zero-order valence-electron chi connectivity index (χ0n) is 13.7. The third-order valence-electron chi connectivity index (χ3n) is 3.51. The Morgan fingerprint density at radius 1 is 1.38 bits per heavy atom. The fourth-order valence-electron chi connectivity index (χ4n) is 2.24. The quantitative estimate of drug-likeness (QED) is 0.251. The number of hydrogen-bond acceptors (Lipinski definition) is 6. The Morgan fingerprint density at radius 2 is 2.19 bits per heavy atom. The molecule has 0 bridgehead atoms. The zero-order valence-corrected chi connectivity index (χ0v) is 15.3. The van der Waals surface area contributed by atoms with Gasteiger partial charge in [-0.1, -0.05) is 0 Å². The summed E-state index contributed by atoms with van der Waals surface area (Å²) in [5, 5.41) is 18.7. The first-order chi connectivity index (χ1) is 12.5. The van der Waals surface area contributed by atoms with Gasteiger partial charge in [-0.05, 0) is 52.1 Å². The minimum absolute atomic E-state index is 0.172. The lowest BCUT2D eigenvalue weighted by Crippen LogP contribution is -2.00. The molecule has 0 radical (unpaired) electrons. The van der Waals surface area contributed by atoms with Crippen molar-refractivity contribution in [1.82, 2.24) is 19.6 Å². The number of halogens is 1. The molecular formula is C16H14BrN5O4. The first kappa shape index (κ1) is 17.8. The van der Waals surface area contributed by atoms with Crippen LogP contribution >= 0.6 is 15.9 Å². The zero-order chi connectivity index (χ0) is 18.7. The van der Waals surface area contributed by atoms with E-state index in [-0.39, 0.29) is 18.1 Å². The topological polar surface area (TPSA) is 109 Å². The fraction of sp³-hybridized carbons (Fsp3) is 0.188. The summed E-state index contributed by atoms with van der Waals surface area (Å²) in [4.78, 5) is 22.3. The van der Waals surface area contributed by atoms with Gasteiger partial charge in [0.1, 0.15) is 22.5 Å². The highest BCUT2D eigenvalue weighted by Crippen LogP contribution is 2.23. The van der Waals surface area contributed by atoms with Crippen molar-refractivity contribution < 1.29 is 14.1 Å². The minimum Gasteiger partial charge on any atom is -0.460 e. The summed E-state index contributed by atoms with van der Waals surface area (Å²) in [5.41, 5.74) is 0.503. The molecule has 10 heteroatoms. The number of aryl methyl sites for hydroxylation is 1. The first-order valence-corrected chi connectivity index (χ1v) is 8.46. The lowest BCUT2D eigenvalue weighted by atomic mass is 10.2. The number of aromatic nitrogens is 4. The van der Waals surface area contributed by atoms with E-state index in [9.17, 15) is 14.9 Å². The van der Waals surface area contributed by atoms with Gasteiger partial charge in [-0.3, -0.25) is 9.48 Å². The van der Waals surface area contributed by atoms with E-state index in [2.05, 4.69) is 26.1 Å². The van der Waals surface area contributed by atoms with E-state index in [1.165, 1.54) is 23.2 Å². The predicted octanol–water partition coefficient (Wildman–Crippen LogP) is 3.31.